The first-order chi connectivity index (χ1) is 8.13. The lowest BCUT2D eigenvalue weighted by atomic mass is 10.00. The standard InChI is InChI=1S/C12H14N2O3/c13-10(12(15)16)6-9-8-4-2-1-3-7(8)5-11(9)17-14/h1-4,10H,5-6,13-14H2,(H,15,16). The van der Waals surface area contributed by atoms with Gasteiger partial charge in [0.05, 0.1) is 0 Å². The van der Waals surface area contributed by atoms with E-state index in [0.717, 1.165) is 16.7 Å². The maximum atomic E-state index is 10.8. The Kier molecular flexibility index (Phi) is 3.12. The van der Waals surface area contributed by atoms with Gasteiger partial charge in [-0.1, -0.05) is 24.3 Å². The predicted molar refractivity (Wildman–Crippen MR) is 62.6 cm³/mol. The lowest BCUT2D eigenvalue weighted by Crippen LogP contribution is -2.30. The number of carboxylic acids is 1. The molecular weight excluding hydrogens is 220 g/mol. The van der Waals surface area contributed by atoms with Gasteiger partial charge in [-0.2, -0.15) is 5.90 Å². The van der Waals surface area contributed by atoms with E-state index in [4.69, 9.17) is 21.6 Å². The number of nitrogens with two attached hydrogens (primary N) is 2. The molecule has 0 saturated heterocycles. The summed E-state index contributed by atoms with van der Waals surface area (Å²) in [6, 6.07) is 6.76. The highest BCUT2D eigenvalue weighted by molar-refractivity contribution is 5.81. The topological polar surface area (TPSA) is 98.6 Å². The number of aliphatic carboxylic acids is 1. The van der Waals surface area contributed by atoms with Crippen molar-refractivity contribution in [3.8, 4) is 0 Å². The van der Waals surface area contributed by atoms with Crippen LogP contribution < -0.4 is 11.6 Å². The van der Waals surface area contributed by atoms with Gasteiger partial charge in [0.25, 0.3) is 0 Å². The van der Waals surface area contributed by atoms with Crippen LogP contribution in [-0.2, 0) is 16.1 Å². The van der Waals surface area contributed by atoms with Crippen molar-refractivity contribution >= 4 is 11.5 Å². The molecule has 2 rings (SSSR count). The third-order valence-electron chi connectivity index (χ3n) is 2.91. The van der Waals surface area contributed by atoms with E-state index in [1.807, 2.05) is 24.3 Å². The summed E-state index contributed by atoms with van der Waals surface area (Å²) in [6.45, 7) is 0. The lowest BCUT2D eigenvalue weighted by Gasteiger charge is -2.10. The second-order valence-electron chi connectivity index (χ2n) is 4.00. The molecule has 0 aromatic heterocycles. The number of benzene rings is 1. The Morgan fingerprint density at radius 1 is 1.47 bits per heavy atom. The van der Waals surface area contributed by atoms with Gasteiger partial charge in [0.2, 0.25) is 0 Å². The molecule has 0 amide bonds. The molecule has 1 aliphatic rings. The summed E-state index contributed by atoms with van der Waals surface area (Å²) in [6.07, 6.45) is 0.813. The van der Waals surface area contributed by atoms with Crippen LogP contribution in [0.4, 0.5) is 0 Å². The minimum Gasteiger partial charge on any atom is -0.480 e. The molecule has 1 atom stereocenters. The zero-order valence-electron chi connectivity index (χ0n) is 9.22. The lowest BCUT2D eigenvalue weighted by molar-refractivity contribution is -0.138. The second kappa shape index (κ2) is 4.57. The van der Waals surface area contributed by atoms with E-state index < -0.39 is 12.0 Å². The third kappa shape index (κ3) is 2.15. The molecule has 1 aromatic rings. The van der Waals surface area contributed by atoms with Crippen LogP contribution in [0.5, 0.6) is 0 Å². The summed E-state index contributed by atoms with van der Waals surface area (Å²) in [5, 5.41) is 8.83. The van der Waals surface area contributed by atoms with Crippen LogP contribution >= 0.6 is 0 Å². The average molecular weight is 234 g/mol. The quantitative estimate of drug-likeness (QED) is 0.664. The fraction of sp³-hybridized carbons (Fsp3) is 0.250. The first-order valence-corrected chi connectivity index (χ1v) is 5.29. The molecule has 0 aliphatic heterocycles. The van der Waals surface area contributed by atoms with E-state index in [1.54, 1.807) is 0 Å². The molecule has 1 unspecified atom stereocenters. The van der Waals surface area contributed by atoms with Gasteiger partial charge in [-0.25, -0.2) is 0 Å². The van der Waals surface area contributed by atoms with Crippen molar-refractivity contribution in [1.29, 1.82) is 0 Å². The molecular formula is C12H14N2O3. The first kappa shape index (κ1) is 11.6. The van der Waals surface area contributed by atoms with E-state index >= 15 is 0 Å². The zero-order chi connectivity index (χ0) is 12.4. The fourth-order valence-corrected chi connectivity index (χ4v) is 2.04. The Morgan fingerprint density at radius 3 is 2.82 bits per heavy atom. The monoisotopic (exact) mass is 234 g/mol. The fourth-order valence-electron chi connectivity index (χ4n) is 2.04. The summed E-state index contributed by atoms with van der Waals surface area (Å²) in [5.74, 6) is 4.78. The third-order valence-corrected chi connectivity index (χ3v) is 2.91. The largest absolute Gasteiger partial charge is 0.480 e. The van der Waals surface area contributed by atoms with Crippen molar-refractivity contribution in [3.63, 3.8) is 0 Å². The van der Waals surface area contributed by atoms with Crippen LogP contribution in [0.3, 0.4) is 0 Å². The van der Waals surface area contributed by atoms with Gasteiger partial charge in [0.1, 0.15) is 11.8 Å². The van der Waals surface area contributed by atoms with E-state index in [-0.39, 0.29) is 6.42 Å². The summed E-state index contributed by atoms with van der Waals surface area (Å²) in [5.41, 5.74) is 8.39. The van der Waals surface area contributed by atoms with Crippen molar-refractivity contribution in [2.75, 3.05) is 0 Å². The maximum Gasteiger partial charge on any atom is 0.320 e. The smallest absolute Gasteiger partial charge is 0.320 e. The molecule has 17 heavy (non-hydrogen) atoms. The highest BCUT2D eigenvalue weighted by Crippen LogP contribution is 2.35. The Balaban J connectivity index is 2.32. The Labute approximate surface area is 98.6 Å². The molecule has 1 aromatic carbocycles. The summed E-state index contributed by atoms with van der Waals surface area (Å²) < 4.78 is 0. The van der Waals surface area contributed by atoms with E-state index in [1.165, 1.54) is 0 Å². The number of fused-ring (bicyclic) bond motifs is 1. The van der Waals surface area contributed by atoms with Gasteiger partial charge in [-0.3, -0.25) is 4.79 Å². The molecule has 0 heterocycles. The maximum absolute atomic E-state index is 10.8. The zero-order valence-corrected chi connectivity index (χ0v) is 9.22. The molecule has 1 aliphatic carbocycles. The normalized spacial score (nSPS) is 15.6. The molecule has 5 nitrogen and oxygen atoms in total. The van der Waals surface area contributed by atoms with Gasteiger partial charge >= 0.3 is 5.97 Å². The second-order valence-corrected chi connectivity index (χ2v) is 4.00. The Morgan fingerprint density at radius 2 is 2.18 bits per heavy atom. The van der Waals surface area contributed by atoms with E-state index in [2.05, 4.69) is 0 Å². The minimum atomic E-state index is -1.03. The average Bonchev–Trinajstić information content (AvgIpc) is 2.67. The molecule has 5 heteroatoms. The Hall–Kier alpha value is -1.85. The molecule has 0 bridgehead atoms. The predicted octanol–water partition coefficient (Wildman–Crippen LogP) is 0.646. The number of allylic oxidation sites excluding steroid dienone is 1. The number of rotatable bonds is 4. The van der Waals surface area contributed by atoms with Crippen molar-refractivity contribution in [2.45, 2.75) is 18.9 Å². The number of hydrogen-bond acceptors (Lipinski definition) is 4. The molecule has 0 fully saturated rings. The summed E-state index contributed by atoms with van der Waals surface area (Å²) in [4.78, 5) is 15.6. The van der Waals surface area contributed by atoms with Crippen LogP contribution in [0.2, 0.25) is 0 Å². The van der Waals surface area contributed by atoms with Crippen LogP contribution in [-0.4, -0.2) is 17.1 Å². The van der Waals surface area contributed by atoms with Gasteiger partial charge in [-0.15, -0.1) is 0 Å². The first-order valence-electron chi connectivity index (χ1n) is 5.29. The highest BCUT2D eigenvalue weighted by atomic mass is 16.6. The van der Waals surface area contributed by atoms with Crippen LogP contribution in [0.15, 0.2) is 30.0 Å². The molecule has 90 valence electrons. The number of carbonyl (C=O) groups is 1. The minimum absolute atomic E-state index is 0.221. The van der Waals surface area contributed by atoms with Crippen molar-refractivity contribution in [1.82, 2.24) is 0 Å². The van der Waals surface area contributed by atoms with Gasteiger partial charge in [-0.05, 0) is 11.1 Å². The van der Waals surface area contributed by atoms with E-state index in [0.29, 0.717) is 12.2 Å². The summed E-state index contributed by atoms with van der Waals surface area (Å²) in [7, 11) is 0. The van der Waals surface area contributed by atoms with Gasteiger partial charge in [0, 0.05) is 18.4 Å². The van der Waals surface area contributed by atoms with Crippen LogP contribution in [0.25, 0.3) is 5.57 Å². The Bertz CT molecular complexity index is 482. The van der Waals surface area contributed by atoms with Crippen molar-refractivity contribution in [3.05, 3.63) is 41.2 Å². The summed E-state index contributed by atoms with van der Waals surface area (Å²) >= 11 is 0. The molecule has 0 saturated carbocycles. The van der Waals surface area contributed by atoms with Gasteiger partial charge in [0.15, 0.2) is 0 Å². The molecule has 5 N–H and O–H groups in total. The van der Waals surface area contributed by atoms with Crippen LogP contribution in [0.1, 0.15) is 17.5 Å². The van der Waals surface area contributed by atoms with Crippen molar-refractivity contribution in [2.24, 2.45) is 11.6 Å². The van der Waals surface area contributed by atoms with Crippen molar-refractivity contribution < 1.29 is 14.7 Å². The number of carboxylic acid groups (broad SMARTS) is 1. The molecule has 0 spiro atoms. The van der Waals surface area contributed by atoms with Crippen LogP contribution in [0, 0.1) is 0 Å². The van der Waals surface area contributed by atoms with Gasteiger partial charge < -0.3 is 15.7 Å². The SMILES string of the molecule is NOC1=C(CC(N)C(=O)O)c2ccccc2C1. The van der Waals surface area contributed by atoms with E-state index in [9.17, 15) is 4.79 Å². The highest BCUT2D eigenvalue weighted by Gasteiger charge is 2.25. The number of hydrogen-bond donors (Lipinski definition) is 3. The molecule has 0 radical (unpaired) electrons.